The van der Waals surface area contributed by atoms with Gasteiger partial charge in [-0.1, -0.05) is 0 Å². The number of carbonyl (C=O) groups excluding carboxylic acids is 1. The van der Waals surface area contributed by atoms with Crippen LogP contribution in [0.15, 0.2) is 6.20 Å². The molecule has 0 radical (unpaired) electrons. The number of anilines is 2. The number of hydrogen-bond donors (Lipinski definition) is 1. The van der Waals surface area contributed by atoms with E-state index in [1.165, 1.54) is 7.11 Å². The molecule has 0 spiro atoms. The number of ether oxygens (including phenoxy) is 1. The van der Waals surface area contributed by atoms with Crippen LogP contribution in [0.25, 0.3) is 0 Å². The lowest BCUT2D eigenvalue weighted by Gasteiger charge is -2.16. The number of carbonyl (C=O) groups is 1. The molecular formula is C12H18N4O2. The summed E-state index contributed by atoms with van der Waals surface area (Å²) in [7, 11) is 5.23. The van der Waals surface area contributed by atoms with E-state index in [1.54, 1.807) is 6.20 Å². The number of aromatic nitrogens is 2. The maximum absolute atomic E-state index is 11.8. The van der Waals surface area contributed by atoms with Gasteiger partial charge < -0.3 is 15.0 Å². The van der Waals surface area contributed by atoms with Crippen LogP contribution < -0.4 is 15.0 Å². The van der Waals surface area contributed by atoms with Crippen molar-refractivity contribution in [3.63, 3.8) is 0 Å². The van der Waals surface area contributed by atoms with Crippen LogP contribution in [0.4, 0.5) is 11.5 Å². The van der Waals surface area contributed by atoms with Crippen molar-refractivity contribution in [2.45, 2.75) is 19.3 Å². The topological polar surface area (TPSA) is 67.3 Å². The van der Waals surface area contributed by atoms with Crippen molar-refractivity contribution in [1.82, 2.24) is 9.97 Å². The number of hydrogen-bond acceptors (Lipinski definition) is 5. The third-order valence-corrected chi connectivity index (χ3v) is 2.80. The van der Waals surface area contributed by atoms with Crippen molar-refractivity contribution in [2.75, 3.05) is 31.4 Å². The van der Waals surface area contributed by atoms with E-state index in [9.17, 15) is 4.79 Å². The molecule has 1 N–H and O–H groups in total. The lowest BCUT2D eigenvalue weighted by Crippen LogP contribution is -2.18. The van der Waals surface area contributed by atoms with Gasteiger partial charge in [0.2, 0.25) is 5.91 Å². The molecule has 1 aromatic heterocycles. The molecule has 0 saturated heterocycles. The van der Waals surface area contributed by atoms with Crippen LogP contribution in [0.2, 0.25) is 0 Å². The highest BCUT2D eigenvalue weighted by atomic mass is 16.5. The maximum Gasteiger partial charge on any atom is 0.318 e. The van der Waals surface area contributed by atoms with Crippen LogP contribution in [0.3, 0.4) is 0 Å². The zero-order valence-electron chi connectivity index (χ0n) is 10.9. The molecule has 1 aliphatic carbocycles. The van der Waals surface area contributed by atoms with E-state index >= 15 is 0 Å². The second-order valence-corrected chi connectivity index (χ2v) is 4.68. The Hall–Kier alpha value is -1.85. The van der Waals surface area contributed by atoms with Gasteiger partial charge in [0.25, 0.3) is 0 Å². The normalized spacial score (nSPS) is 14.2. The summed E-state index contributed by atoms with van der Waals surface area (Å²) in [5.41, 5.74) is 0.617. The minimum Gasteiger partial charge on any atom is -0.467 e. The largest absolute Gasteiger partial charge is 0.467 e. The first-order valence-corrected chi connectivity index (χ1v) is 5.98. The van der Waals surface area contributed by atoms with Crippen LogP contribution in [0, 0.1) is 5.92 Å². The summed E-state index contributed by atoms with van der Waals surface area (Å²) in [4.78, 5) is 21.8. The Morgan fingerprint density at radius 1 is 1.56 bits per heavy atom. The highest BCUT2D eigenvalue weighted by Crippen LogP contribution is 2.33. The molecule has 0 aliphatic heterocycles. The summed E-state index contributed by atoms with van der Waals surface area (Å²) < 4.78 is 4.98. The summed E-state index contributed by atoms with van der Waals surface area (Å²) in [5, 5.41) is 2.85. The van der Waals surface area contributed by atoms with E-state index < -0.39 is 0 Å². The molecule has 1 aromatic rings. The van der Waals surface area contributed by atoms with Gasteiger partial charge in [0.1, 0.15) is 5.69 Å². The molecule has 1 amide bonds. The van der Waals surface area contributed by atoms with Gasteiger partial charge in [0.05, 0.1) is 13.3 Å². The second-order valence-electron chi connectivity index (χ2n) is 4.68. The molecule has 6 nitrogen and oxygen atoms in total. The lowest BCUT2D eigenvalue weighted by atomic mass is 10.3. The molecule has 0 bridgehead atoms. The van der Waals surface area contributed by atoms with Crippen molar-refractivity contribution < 1.29 is 9.53 Å². The van der Waals surface area contributed by atoms with Gasteiger partial charge >= 0.3 is 6.01 Å². The fraction of sp³-hybridized carbons (Fsp3) is 0.583. The Bertz CT molecular complexity index is 444. The van der Waals surface area contributed by atoms with Crippen molar-refractivity contribution in [3.05, 3.63) is 6.20 Å². The molecule has 6 heteroatoms. The minimum absolute atomic E-state index is 0.0226. The van der Waals surface area contributed by atoms with E-state index in [4.69, 9.17) is 4.74 Å². The second kappa shape index (κ2) is 5.20. The van der Waals surface area contributed by atoms with Crippen molar-refractivity contribution in [2.24, 2.45) is 5.92 Å². The summed E-state index contributed by atoms with van der Waals surface area (Å²) in [6.45, 7) is 0. The third-order valence-electron chi connectivity index (χ3n) is 2.80. The molecule has 0 atom stereocenters. The smallest absolute Gasteiger partial charge is 0.318 e. The van der Waals surface area contributed by atoms with E-state index in [0.29, 0.717) is 29.9 Å². The monoisotopic (exact) mass is 250 g/mol. The quantitative estimate of drug-likeness (QED) is 0.853. The fourth-order valence-corrected chi connectivity index (χ4v) is 1.67. The number of rotatable bonds is 5. The summed E-state index contributed by atoms with van der Waals surface area (Å²) in [6, 6.07) is 0.291. The van der Waals surface area contributed by atoms with Gasteiger partial charge in [0.15, 0.2) is 5.82 Å². The van der Waals surface area contributed by atoms with Crippen molar-refractivity contribution in [1.29, 1.82) is 0 Å². The fourth-order valence-electron chi connectivity index (χ4n) is 1.67. The van der Waals surface area contributed by atoms with E-state index in [-0.39, 0.29) is 5.91 Å². The molecule has 2 rings (SSSR count). The highest BCUT2D eigenvalue weighted by Gasteiger charge is 2.25. The summed E-state index contributed by atoms with van der Waals surface area (Å²) in [5.74, 6) is 1.23. The zero-order chi connectivity index (χ0) is 13.1. The molecule has 0 aromatic carbocycles. The Morgan fingerprint density at radius 3 is 2.83 bits per heavy atom. The van der Waals surface area contributed by atoms with Gasteiger partial charge in [-0.05, 0) is 18.8 Å². The van der Waals surface area contributed by atoms with Gasteiger partial charge in [-0.25, -0.2) is 4.98 Å². The molecule has 1 fully saturated rings. The van der Waals surface area contributed by atoms with Gasteiger partial charge in [-0.15, -0.1) is 0 Å². The molecule has 1 heterocycles. The van der Waals surface area contributed by atoms with Gasteiger partial charge in [-0.2, -0.15) is 4.98 Å². The summed E-state index contributed by atoms with van der Waals surface area (Å²) >= 11 is 0. The predicted molar refractivity (Wildman–Crippen MR) is 68.9 cm³/mol. The Kier molecular flexibility index (Phi) is 3.64. The van der Waals surface area contributed by atoms with Crippen LogP contribution >= 0.6 is 0 Å². The first kappa shape index (κ1) is 12.6. The first-order valence-electron chi connectivity index (χ1n) is 5.98. The van der Waals surface area contributed by atoms with Gasteiger partial charge in [0, 0.05) is 20.5 Å². The van der Waals surface area contributed by atoms with Crippen LogP contribution in [0.1, 0.15) is 19.3 Å². The molecule has 0 unspecified atom stereocenters. The minimum atomic E-state index is 0.0226. The van der Waals surface area contributed by atoms with E-state index in [1.807, 2.05) is 19.0 Å². The standard InChI is InChI=1S/C12H18N4O2/c1-16(2)11-9(7-13-12(15-11)18-3)14-10(17)6-8-4-5-8/h7-8H,4-6H2,1-3H3,(H,14,17). The lowest BCUT2D eigenvalue weighted by molar-refractivity contribution is -0.116. The molecule has 18 heavy (non-hydrogen) atoms. The molecule has 98 valence electrons. The maximum atomic E-state index is 11.8. The van der Waals surface area contributed by atoms with Gasteiger partial charge in [-0.3, -0.25) is 4.79 Å². The molecule has 1 aliphatic rings. The van der Waals surface area contributed by atoms with E-state index in [2.05, 4.69) is 15.3 Å². The van der Waals surface area contributed by atoms with E-state index in [0.717, 1.165) is 12.8 Å². The molecule has 1 saturated carbocycles. The SMILES string of the molecule is COc1ncc(NC(=O)CC2CC2)c(N(C)C)n1. The number of amides is 1. The first-order chi connectivity index (χ1) is 8.60. The Labute approximate surface area is 106 Å². The zero-order valence-corrected chi connectivity index (χ0v) is 10.9. The van der Waals surface area contributed by atoms with Crippen LogP contribution in [-0.4, -0.2) is 37.1 Å². The average molecular weight is 250 g/mol. The number of methoxy groups -OCH3 is 1. The van der Waals surface area contributed by atoms with Crippen LogP contribution in [0.5, 0.6) is 6.01 Å². The number of nitrogens with one attached hydrogen (secondary N) is 1. The van der Waals surface area contributed by atoms with Crippen molar-refractivity contribution in [3.8, 4) is 6.01 Å². The Balaban J connectivity index is 2.12. The Morgan fingerprint density at radius 2 is 2.28 bits per heavy atom. The number of nitrogens with zero attached hydrogens (tertiary/aromatic N) is 3. The third kappa shape index (κ3) is 3.09. The van der Waals surface area contributed by atoms with Crippen LogP contribution in [-0.2, 0) is 4.79 Å². The predicted octanol–water partition coefficient (Wildman–Crippen LogP) is 1.29. The summed E-state index contributed by atoms with van der Waals surface area (Å²) in [6.07, 6.45) is 4.48. The average Bonchev–Trinajstić information content (AvgIpc) is 3.13. The highest BCUT2D eigenvalue weighted by molar-refractivity contribution is 5.93. The molecular weight excluding hydrogens is 232 g/mol. The van der Waals surface area contributed by atoms with Crippen molar-refractivity contribution >= 4 is 17.4 Å².